The first-order valence-electron chi connectivity index (χ1n) is 8.15. The smallest absolute Gasteiger partial charge is 0.309 e. The second kappa shape index (κ2) is 7.41. The van der Waals surface area contributed by atoms with Crippen molar-refractivity contribution in [1.29, 1.82) is 0 Å². The molecular weight excluding hydrogens is 252 g/mol. The molecule has 2 rings (SSSR count). The van der Waals surface area contributed by atoms with Crippen LogP contribution >= 0.6 is 0 Å². The van der Waals surface area contributed by atoms with E-state index in [1.165, 1.54) is 25.9 Å². The SMILES string of the molecule is CC(C)COC(=O)C1CCN(C2CCN(C)CC2)CC1. The van der Waals surface area contributed by atoms with Crippen LogP contribution in [-0.2, 0) is 9.53 Å². The van der Waals surface area contributed by atoms with E-state index in [0.29, 0.717) is 12.5 Å². The summed E-state index contributed by atoms with van der Waals surface area (Å²) in [6.45, 7) is 9.27. The summed E-state index contributed by atoms with van der Waals surface area (Å²) < 4.78 is 5.37. The molecule has 4 heteroatoms. The van der Waals surface area contributed by atoms with Crippen LogP contribution in [0.3, 0.4) is 0 Å². The Kier molecular flexibility index (Phi) is 5.85. The summed E-state index contributed by atoms with van der Waals surface area (Å²) >= 11 is 0. The molecule has 0 saturated carbocycles. The van der Waals surface area contributed by atoms with Gasteiger partial charge in [-0.15, -0.1) is 0 Å². The third-order valence-corrected chi connectivity index (χ3v) is 4.63. The van der Waals surface area contributed by atoms with Crippen molar-refractivity contribution < 1.29 is 9.53 Å². The van der Waals surface area contributed by atoms with Gasteiger partial charge in [0.25, 0.3) is 0 Å². The normalized spacial score (nSPS) is 24.2. The topological polar surface area (TPSA) is 32.8 Å². The molecule has 0 aliphatic carbocycles. The lowest BCUT2D eigenvalue weighted by atomic mass is 9.93. The van der Waals surface area contributed by atoms with E-state index in [1.54, 1.807) is 0 Å². The maximum atomic E-state index is 12.0. The highest BCUT2D eigenvalue weighted by atomic mass is 16.5. The molecule has 0 bridgehead atoms. The van der Waals surface area contributed by atoms with Crippen LogP contribution in [0.4, 0.5) is 0 Å². The zero-order valence-electron chi connectivity index (χ0n) is 13.3. The first kappa shape index (κ1) is 15.8. The second-order valence-electron chi connectivity index (χ2n) is 6.87. The van der Waals surface area contributed by atoms with Crippen molar-refractivity contribution in [1.82, 2.24) is 9.80 Å². The van der Waals surface area contributed by atoms with E-state index in [0.717, 1.165) is 32.0 Å². The number of piperidine rings is 2. The lowest BCUT2D eigenvalue weighted by Crippen LogP contribution is -2.47. The van der Waals surface area contributed by atoms with Crippen LogP contribution < -0.4 is 0 Å². The van der Waals surface area contributed by atoms with Crippen LogP contribution in [0, 0.1) is 11.8 Å². The van der Waals surface area contributed by atoms with E-state index in [-0.39, 0.29) is 11.9 Å². The van der Waals surface area contributed by atoms with Gasteiger partial charge in [0.2, 0.25) is 0 Å². The Labute approximate surface area is 123 Å². The van der Waals surface area contributed by atoms with Crippen LogP contribution in [0.15, 0.2) is 0 Å². The standard InChI is InChI=1S/C16H30N2O2/c1-13(2)12-20-16(19)14-4-10-18(11-5-14)15-6-8-17(3)9-7-15/h13-15H,4-12H2,1-3H3. The van der Waals surface area contributed by atoms with E-state index >= 15 is 0 Å². The van der Waals surface area contributed by atoms with Gasteiger partial charge in [-0.25, -0.2) is 0 Å². The van der Waals surface area contributed by atoms with E-state index in [4.69, 9.17) is 4.74 Å². The fraction of sp³-hybridized carbons (Fsp3) is 0.938. The third-order valence-electron chi connectivity index (χ3n) is 4.63. The summed E-state index contributed by atoms with van der Waals surface area (Å²) in [6, 6.07) is 0.735. The Hall–Kier alpha value is -0.610. The molecule has 2 aliphatic rings. The molecule has 0 spiro atoms. The molecule has 2 heterocycles. The number of carbonyl (C=O) groups excluding carboxylic acids is 1. The molecule has 20 heavy (non-hydrogen) atoms. The van der Waals surface area contributed by atoms with Crippen molar-refractivity contribution in [3.8, 4) is 0 Å². The largest absolute Gasteiger partial charge is 0.465 e. The van der Waals surface area contributed by atoms with Gasteiger partial charge in [-0.3, -0.25) is 4.79 Å². The van der Waals surface area contributed by atoms with Crippen LogP contribution in [0.5, 0.6) is 0 Å². The van der Waals surface area contributed by atoms with Gasteiger partial charge in [0.1, 0.15) is 0 Å². The summed E-state index contributed by atoms with van der Waals surface area (Å²) in [7, 11) is 2.20. The Bertz CT molecular complexity index is 304. The van der Waals surface area contributed by atoms with Crippen molar-refractivity contribution >= 4 is 5.97 Å². The number of nitrogens with zero attached hydrogens (tertiary/aromatic N) is 2. The maximum Gasteiger partial charge on any atom is 0.309 e. The molecule has 0 aromatic heterocycles. The summed E-state index contributed by atoms with van der Waals surface area (Å²) in [6.07, 6.45) is 4.50. The highest BCUT2D eigenvalue weighted by Crippen LogP contribution is 2.24. The minimum absolute atomic E-state index is 0.0294. The van der Waals surface area contributed by atoms with Crippen LogP contribution in [0.2, 0.25) is 0 Å². The van der Waals surface area contributed by atoms with Crippen LogP contribution in [-0.4, -0.2) is 61.6 Å². The van der Waals surface area contributed by atoms with Crippen LogP contribution in [0.25, 0.3) is 0 Å². The Morgan fingerprint density at radius 1 is 1.10 bits per heavy atom. The molecule has 4 nitrogen and oxygen atoms in total. The predicted molar refractivity (Wildman–Crippen MR) is 80.6 cm³/mol. The lowest BCUT2D eigenvalue weighted by Gasteiger charge is -2.40. The molecule has 0 aromatic rings. The quantitative estimate of drug-likeness (QED) is 0.738. The Morgan fingerprint density at radius 2 is 1.70 bits per heavy atom. The second-order valence-corrected chi connectivity index (χ2v) is 6.87. The Balaban J connectivity index is 1.70. The average Bonchev–Trinajstić information content (AvgIpc) is 2.46. The molecule has 0 N–H and O–H groups in total. The maximum absolute atomic E-state index is 12.0. The Morgan fingerprint density at radius 3 is 2.25 bits per heavy atom. The lowest BCUT2D eigenvalue weighted by molar-refractivity contribution is -0.151. The number of esters is 1. The number of hydrogen-bond donors (Lipinski definition) is 0. The van der Waals surface area contributed by atoms with E-state index < -0.39 is 0 Å². The number of ether oxygens (including phenoxy) is 1. The highest BCUT2D eigenvalue weighted by Gasteiger charge is 2.30. The molecule has 2 aliphatic heterocycles. The van der Waals surface area contributed by atoms with Crippen molar-refractivity contribution in [3.05, 3.63) is 0 Å². The van der Waals surface area contributed by atoms with Gasteiger partial charge in [-0.1, -0.05) is 13.8 Å². The summed E-state index contributed by atoms with van der Waals surface area (Å²) in [5.74, 6) is 0.594. The minimum atomic E-state index is 0.0294. The molecular formula is C16H30N2O2. The molecule has 2 fully saturated rings. The summed E-state index contributed by atoms with van der Waals surface area (Å²) in [5, 5.41) is 0. The zero-order chi connectivity index (χ0) is 14.5. The van der Waals surface area contributed by atoms with Gasteiger partial charge >= 0.3 is 5.97 Å². The number of likely N-dealkylation sites (tertiary alicyclic amines) is 2. The fourth-order valence-electron chi connectivity index (χ4n) is 3.23. The van der Waals surface area contributed by atoms with Gasteiger partial charge in [0.05, 0.1) is 12.5 Å². The van der Waals surface area contributed by atoms with E-state index in [2.05, 4.69) is 30.7 Å². The molecule has 0 radical (unpaired) electrons. The van der Waals surface area contributed by atoms with Crippen molar-refractivity contribution in [2.45, 2.75) is 45.6 Å². The summed E-state index contributed by atoms with van der Waals surface area (Å²) in [4.78, 5) is 17.0. The number of hydrogen-bond acceptors (Lipinski definition) is 4. The average molecular weight is 282 g/mol. The molecule has 0 atom stereocenters. The molecule has 0 aromatic carbocycles. The first-order valence-corrected chi connectivity index (χ1v) is 8.15. The van der Waals surface area contributed by atoms with E-state index in [1.807, 2.05) is 0 Å². The number of carbonyl (C=O) groups is 1. The first-order chi connectivity index (χ1) is 9.56. The number of rotatable bonds is 4. The monoisotopic (exact) mass is 282 g/mol. The molecule has 0 unspecified atom stereocenters. The predicted octanol–water partition coefficient (Wildman–Crippen LogP) is 1.99. The zero-order valence-corrected chi connectivity index (χ0v) is 13.3. The summed E-state index contributed by atoms with van der Waals surface area (Å²) in [5.41, 5.74) is 0. The van der Waals surface area contributed by atoms with Crippen molar-refractivity contribution in [2.75, 3.05) is 39.8 Å². The minimum Gasteiger partial charge on any atom is -0.465 e. The molecule has 2 saturated heterocycles. The van der Waals surface area contributed by atoms with Gasteiger partial charge in [0.15, 0.2) is 0 Å². The van der Waals surface area contributed by atoms with Crippen LogP contribution in [0.1, 0.15) is 39.5 Å². The van der Waals surface area contributed by atoms with Gasteiger partial charge < -0.3 is 14.5 Å². The highest BCUT2D eigenvalue weighted by molar-refractivity contribution is 5.72. The van der Waals surface area contributed by atoms with Gasteiger partial charge in [-0.05, 0) is 64.8 Å². The van der Waals surface area contributed by atoms with E-state index in [9.17, 15) is 4.79 Å². The van der Waals surface area contributed by atoms with Gasteiger partial charge in [0, 0.05) is 6.04 Å². The fourth-order valence-corrected chi connectivity index (χ4v) is 3.23. The molecule has 116 valence electrons. The van der Waals surface area contributed by atoms with Crippen molar-refractivity contribution in [3.63, 3.8) is 0 Å². The molecule has 0 amide bonds. The third kappa shape index (κ3) is 4.45. The van der Waals surface area contributed by atoms with Gasteiger partial charge in [-0.2, -0.15) is 0 Å². The van der Waals surface area contributed by atoms with Crippen molar-refractivity contribution in [2.24, 2.45) is 11.8 Å².